The van der Waals surface area contributed by atoms with Crippen molar-refractivity contribution in [2.75, 3.05) is 74.6 Å². The molecule has 8 nitrogen and oxygen atoms in total. The monoisotopic (exact) mass is 635 g/mol. The van der Waals surface area contributed by atoms with Crippen molar-refractivity contribution in [2.45, 2.75) is 97.8 Å². The molecule has 3 rings (SSSR count). The van der Waals surface area contributed by atoms with Crippen molar-refractivity contribution in [3.05, 3.63) is 48.0 Å². The molecule has 1 aliphatic heterocycles. The van der Waals surface area contributed by atoms with Crippen molar-refractivity contribution >= 4 is 28.9 Å². The van der Waals surface area contributed by atoms with Crippen LogP contribution in [-0.2, 0) is 4.79 Å². The van der Waals surface area contributed by atoms with Crippen LogP contribution in [0.25, 0.3) is 0 Å². The summed E-state index contributed by atoms with van der Waals surface area (Å²) in [5, 5.41) is 6.21. The molecule has 2 aromatic rings. The van der Waals surface area contributed by atoms with Gasteiger partial charge in [-0.1, -0.05) is 97.1 Å². The van der Waals surface area contributed by atoms with E-state index in [0.29, 0.717) is 24.2 Å². The minimum Gasteiger partial charge on any atom is -0.495 e. The van der Waals surface area contributed by atoms with E-state index in [9.17, 15) is 9.59 Å². The number of ether oxygens (including phenoxy) is 1. The van der Waals surface area contributed by atoms with E-state index in [1.165, 1.54) is 57.8 Å². The van der Waals surface area contributed by atoms with Crippen LogP contribution in [0.4, 0.5) is 17.1 Å². The van der Waals surface area contributed by atoms with E-state index in [4.69, 9.17) is 4.74 Å². The first-order valence-corrected chi connectivity index (χ1v) is 18.1. The van der Waals surface area contributed by atoms with Crippen molar-refractivity contribution in [1.82, 2.24) is 10.2 Å². The summed E-state index contributed by atoms with van der Waals surface area (Å²) in [6.07, 6.45) is 14.4. The van der Waals surface area contributed by atoms with E-state index in [0.717, 1.165) is 75.8 Å². The summed E-state index contributed by atoms with van der Waals surface area (Å²) in [5.41, 5.74) is 3.29. The molecule has 0 bridgehead atoms. The second kappa shape index (κ2) is 21.5. The Kier molecular flexibility index (Phi) is 17.4. The molecule has 0 spiro atoms. The Balaban J connectivity index is 1.55. The predicted molar refractivity (Wildman–Crippen MR) is 194 cm³/mol. The Morgan fingerprint density at radius 3 is 1.96 bits per heavy atom. The molecule has 0 radical (unpaired) electrons. The van der Waals surface area contributed by atoms with E-state index >= 15 is 0 Å². The number of para-hydroxylation sites is 2. The molecule has 2 N–H and O–H groups in total. The van der Waals surface area contributed by atoms with Crippen LogP contribution in [0.15, 0.2) is 42.5 Å². The summed E-state index contributed by atoms with van der Waals surface area (Å²) in [5.74, 6) is 0.787. The molecule has 0 atom stereocenters. The summed E-state index contributed by atoms with van der Waals surface area (Å²) in [6, 6.07) is 13.9. The fraction of sp³-hybridized carbons (Fsp3) is 0.632. The highest BCUT2D eigenvalue weighted by molar-refractivity contribution is 6.02. The molecule has 8 heteroatoms. The van der Waals surface area contributed by atoms with Gasteiger partial charge in [-0.25, -0.2) is 0 Å². The second-order valence-corrected chi connectivity index (χ2v) is 12.5. The van der Waals surface area contributed by atoms with E-state index in [-0.39, 0.29) is 11.8 Å². The minimum absolute atomic E-state index is 0.0157. The largest absolute Gasteiger partial charge is 0.495 e. The number of anilines is 3. The SMILES string of the molecule is CCCCCCCCCCCCCC(=O)Nc1ccc(N2CCN(c3ccccc3OC)CC2)c(C(=O)NCCN(CC)CC)c1. The van der Waals surface area contributed by atoms with Gasteiger partial charge in [-0.3, -0.25) is 9.59 Å². The van der Waals surface area contributed by atoms with Gasteiger partial charge in [0.05, 0.1) is 18.4 Å². The highest BCUT2D eigenvalue weighted by Gasteiger charge is 2.24. The number of unbranched alkanes of at least 4 members (excludes halogenated alkanes) is 10. The molecular weight excluding hydrogens is 574 g/mol. The average Bonchev–Trinajstić information content (AvgIpc) is 3.09. The van der Waals surface area contributed by atoms with Gasteiger partial charge in [-0.15, -0.1) is 0 Å². The lowest BCUT2D eigenvalue weighted by molar-refractivity contribution is -0.116. The Labute approximate surface area is 279 Å². The Morgan fingerprint density at radius 2 is 1.35 bits per heavy atom. The number of carbonyl (C=O) groups excluding carboxylic acids is 2. The van der Waals surface area contributed by atoms with Gasteiger partial charge in [-0.2, -0.15) is 0 Å². The molecule has 2 amide bonds. The zero-order valence-electron chi connectivity index (χ0n) is 29.2. The quantitative estimate of drug-likeness (QED) is 0.129. The molecule has 1 saturated heterocycles. The molecule has 0 aromatic heterocycles. The molecule has 1 heterocycles. The Hall–Kier alpha value is -3.26. The topological polar surface area (TPSA) is 77.1 Å². The maximum absolute atomic E-state index is 13.6. The fourth-order valence-corrected chi connectivity index (χ4v) is 6.29. The van der Waals surface area contributed by atoms with Crippen LogP contribution in [0.3, 0.4) is 0 Å². The number of rotatable bonds is 22. The Morgan fingerprint density at radius 1 is 0.761 bits per heavy atom. The third kappa shape index (κ3) is 12.5. The van der Waals surface area contributed by atoms with Gasteiger partial charge >= 0.3 is 0 Å². The van der Waals surface area contributed by atoms with E-state index in [1.807, 2.05) is 36.4 Å². The smallest absolute Gasteiger partial charge is 0.253 e. The van der Waals surface area contributed by atoms with Crippen LogP contribution in [0.2, 0.25) is 0 Å². The van der Waals surface area contributed by atoms with Crippen molar-refractivity contribution in [3.63, 3.8) is 0 Å². The van der Waals surface area contributed by atoms with Gasteiger partial charge in [0.2, 0.25) is 5.91 Å². The van der Waals surface area contributed by atoms with Gasteiger partial charge in [-0.05, 0) is 49.8 Å². The second-order valence-electron chi connectivity index (χ2n) is 12.5. The summed E-state index contributed by atoms with van der Waals surface area (Å²) >= 11 is 0. The number of piperazine rings is 1. The molecule has 0 aliphatic carbocycles. The van der Waals surface area contributed by atoms with E-state index in [2.05, 4.69) is 52.2 Å². The number of likely N-dealkylation sites (N-methyl/N-ethyl adjacent to an activating group) is 1. The maximum atomic E-state index is 13.6. The van der Waals surface area contributed by atoms with Gasteiger partial charge in [0.25, 0.3) is 5.91 Å². The first kappa shape index (κ1) is 37.2. The van der Waals surface area contributed by atoms with Crippen LogP contribution >= 0.6 is 0 Å². The first-order valence-electron chi connectivity index (χ1n) is 18.1. The highest BCUT2D eigenvalue weighted by atomic mass is 16.5. The van der Waals surface area contributed by atoms with E-state index < -0.39 is 0 Å². The number of hydrogen-bond donors (Lipinski definition) is 2. The molecule has 2 aromatic carbocycles. The van der Waals surface area contributed by atoms with Gasteiger partial charge < -0.3 is 30.1 Å². The molecule has 46 heavy (non-hydrogen) atoms. The van der Waals surface area contributed by atoms with Crippen molar-refractivity contribution < 1.29 is 14.3 Å². The van der Waals surface area contributed by atoms with Crippen LogP contribution in [-0.4, -0.2) is 76.2 Å². The van der Waals surface area contributed by atoms with Crippen LogP contribution in [0.1, 0.15) is 108 Å². The first-order chi connectivity index (χ1) is 22.5. The van der Waals surface area contributed by atoms with Crippen molar-refractivity contribution in [3.8, 4) is 5.75 Å². The number of carbonyl (C=O) groups is 2. The number of amides is 2. The summed E-state index contributed by atoms with van der Waals surface area (Å²) in [4.78, 5) is 33.3. The van der Waals surface area contributed by atoms with Gasteiger partial charge in [0, 0.05) is 57.1 Å². The molecule has 1 fully saturated rings. The van der Waals surface area contributed by atoms with Crippen molar-refractivity contribution in [1.29, 1.82) is 0 Å². The number of methoxy groups -OCH3 is 1. The number of nitrogens with one attached hydrogen (secondary N) is 2. The molecule has 0 unspecified atom stereocenters. The average molecular weight is 636 g/mol. The third-order valence-corrected chi connectivity index (χ3v) is 9.19. The van der Waals surface area contributed by atoms with Crippen LogP contribution in [0, 0.1) is 0 Å². The van der Waals surface area contributed by atoms with E-state index in [1.54, 1.807) is 7.11 Å². The molecule has 0 saturated carbocycles. The van der Waals surface area contributed by atoms with Crippen LogP contribution < -0.4 is 25.2 Å². The van der Waals surface area contributed by atoms with Crippen LogP contribution in [0.5, 0.6) is 5.75 Å². The molecular formula is C38H61N5O3. The molecule has 256 valence electrons. The number of nitrogens with zero attached hydrogens (tertiary/aromatic N) is 3. The lowest BCUT2D eigenvalue weighted by atomic mass is 10.1. The summed E-state index contributed by atoms with van der Waals surface area (Å²) in [6.45, 7) is 13.0. The zero-order valence-corrected chi connectivity index (χ0v) is 29.2. The lowest BCUT2D eigenvalue weighted by Gasteiger charge is -2.38. The van der Waals surface area contributed by atoms with Crippen molar-refractivity contribution in [2.24, 2.45) is 0 Å². The van der Waals surface area contributed by atoms with Gasteiger partial charge in [0.15, 0.2) is 0 Å². The zero-order chi connectivity index (χ0) is 33.0. The highest BCUT2D eigenvalue weighted by Crippen LogP contribution is 2.31. The summed E-state index contributed by atoms with van der Waals surface area (Å²) in [7, 11) is 1.71. The number of hydrogen-bond acceptors (Lipinski definition) is 6. The predicted octanol–water partition coefficient (Wildman–Crippen LogP) is 7.73. The summed E-state index contributed by atoms with van der Waals surface area (Å²) < 4.78 is 5.59. The van der Waals surface area contributed by atoms with Gasteiger partial charge in [0.1, 0.15) is 5.75 Å². The minimum atomic E-state index is -0.101. The standard InChI is InChI=1S/C38H61N5O3/c1-5-8-9-10-11-12-13-14-15-16-17-22-37(44)40-32-23-24-34(33(31-32)38(45)39-25-26-41(6-2)7-3)42-27-29-43(30-28-42)35-20-18-19-21-36(35)46-4/h18-21,23-24,31H,5-17,22,25-30H2,1-4H3,(H,39,45)(H,40,44). The number of benzene rings is 2. The maximum Gasteiger partial charge on any atom is 0.253 e. The lowest BCUT2D eigenvalue weighted by Crippen LogP contribution is -2.47. The normalized spacial score (nSPS) is 13.2. The third-order valence-electron chi connectivity index (χ3n) is 9.19. The molecule has 1 aliphatic rings. The fourth-order valence-electron chi connectivity index (χ4n) is 6.29. The Bertz CT molecular complexity index is 1160.